The first-order valence-corrected chi connectivity index (χ1v) is 13.5. The maximum atomic E-state index is 13.9. The molecule has 190 valence electrons. The minimum Gasteiger partial charge on any atom is -0.393 e. The molecule has 0 radical (unpaired) electrons. The number of rotatable bonds is 5. The molecular formula is C30H46O4. The Morgan fingerprint density at radius 1 is 1.12 bits per heavy atom. The van der Waals surface area contributed by atoms with Crippen molar-refractivity contribution in [1.82, 2.24) is 0 Å². The fraction of sp³-hybridized carbons (Fsp3) is 0.800. The zero-order chi connectivity index (χ0) is 25.3. The van der Waals surface area contributed by atoms with Crippen molar-refractivity contribution in [3.8, 4) is 0 Å². The number of allylic oxidation sites excluding steroid dienone is 3. The van der Waals surface area contributed by atoms with E-state index < -0.39 is 12.2 Å². The minimum atomic E-state index is -0.596. The van der Waals surface area contributed by atoms with E-state index in [1.807, 2.05) is 13.0 Å². The third-order valence-corrected chi connectivity index (χ3v) is 11.5. The molecule has 0 heterocycles. The lowest BCUT2D eigenvalue weighted by atomic mass is 9.42. The zero-order valence-electron chi connectivity index (χ0n) is 22.4. The first-order chi connectivity index (χ1) is 15.7. The molecule has 0 aromatic heterocycles. The Bertz CT molecular complexity index is 928. The van der Waals surface area contributed by atoms with Gasteiger partial charge in [0.2, 0.25) is 0 Å². The van der Waals surface area contributed by atoms with Gasteiger partial charge in [0.15, 0.2) is 5.78 Å². The molecule has 4 aliphatic carbocycles. The molecule has 4 rings (SSSR count). The number of aliphatic hydroxyl groups excluding tert-OH is 2. The largest absolute Gasteiger partial charge is 0.393 e. The van der Waals surface area contributed by atoms with Gasteiger partial charge in [0.1, 0.15) is 6.29 Å². The lowest BCUT2D eigenvalue weighted by Gasteiger charge is -2.62. The van der Waals surface area contributed by atoms with Crippen LogP contribution in [0, 0.1) is 39.4 Å². The maximum absolute atomic E-state index is 13.9. The number of aldehydes is 1. The Hall–Kier alpha value is -1.26. The van der Waals surface area contributed by atoms with Gasteiger partial charge in [0.25, 0.3) is 0 Å². The SMILES string of the molecule is CC(C=O)=CCCC(C)C1CCC2(C)C3=C(C(O)CC12C)C1(C)CCC(O)C(C)(C)C1CC3=O. The van der Waals surface area contributed by atoms with Gasteiger partial charge in [0.05, 0.1) is 12.2 Å². The van der Waals surface area contributed by atoms with Gasteiger partial charge in [-0.25, -0.2) is 0 Å². The summed E-state index contributed by atoms with van der Waals surface area (Å²) in [6, 6.07) is 0. The van der Waals surface area contributed by atoms with Gasteiger partial charge in [-0.1, -0.05) is 47.6 Å². The molecular weight excluding hydrogens is 424 g/mol. The van der Waals surface area contributed by atoms with Crippen LogP contribution in [0.5, 0.6) is 0 Å². The van der Waals surface area contributed by atoms with Crippen LogP contribution in [0.25, 0.3) is 0 Å². The van der Waals surface area contributed by atoms with Crippen LogP contribution in [0.2, 0.25) is 0 Å². The van der Waals surface area contributed by atoms with E-state index in [2.05, 4.69) is 41.5 Å². The second-order valence-electron chi connectivity index (χ2n) is 13.5. The van der Waals surface area contributed by atoms with Crippen molar-refractivity contribution in [3.63, 3.8) is 0 Å². The van der Waals surface area contributed by atoms with Gasteiger partial charge in [-0.05, 0) is 97.0 Å². The van der Waals surface area contributed by atoms with Gasteiger partial charge in [-0.15, -0.1) is 0 Å². The number of carbonyl (C=O) groups is 2. The summed E-state index contributed by atoms with van der Waals surface area (Å²) in [4.78, 5) is 24.9. The molecule has 8 atom stereocenters. The van der Waals surface area contributed by atoms with Crippen LogP contribution >= 0.6 is 0 Å². The third kappa shape index (κ3) is 3.45. The first-order valence-electron chi connectivity index (χ1n) is 13.5. The molecule has 2 saturated carbocycles. The van der Waals surface area contributed by atoms with Crippen LogP contribution in [-0.4, -0.2) is 34.5 Å². The van der Waals surface area contributed by atoms with Crippen LogP contribution in [-0.2, 0) is 9.59 Å². The topological polar surface area (TPSA) is 74.6 Å². The van der Waals surface area contributed by atoms with Crippen molar-refractivity contribution >= 4 is 12.1 Å². The van der Waals surface area contributed by atoms with Crippen molar-refractivity contribution in [2.24, 2.45) is 39.4 Å². The Kier molecular flexibility index (Phi) is 6.38. The predicted octanol–water partition coefficient (Wildman–Crippen LogP) is 5.81. The Morgan fingerprint density at radius 2 is 1.79 bits per heavy atom. The summed E-state index contributed by atoms with van der Waals surface area (Å²) >= 11 is 0. The fourth-order valence-corrected chi connectivity index (χ4v) is 9.21. The smallest absolute Gasteiger partial charge is 0.159 e. The van der Waals surface area contributed by atoms with E-state index in [0.29, 0.717) is 24.7 Å². The highest BCUT2D eigenvalue weighted by atomic mass is 16.3. The van der Waals surface area contributed by atoms with Crippen molar-refractivity contribution in [1.29, 1.82) is 0 Å². The quantitative estimate of drug-likeness (QED) is 0.393. The highest BCUT2D eigenvalue weighted by Gasteiger charge is 2.67. The molecule has 4 nitrogen and oxygen atoms in total. The van der Waals surface area contributed by atoms with E-state index >= 15 is 0 Å². The van der Waals surface area contributed by atoms with Crippen molar-refractivity contribution < 1.29 is 19.8 Å². The lowest BCUT2D eigenvalue weighted by molar-refractivity contribution is -0.138. The number of carbonyl (C=O) groups excluding carboxylic acids is 2. The van der Waals surface area contributed by atoms with E-state index in [9.17, 15) is 19.8 Å². The van der Waals surface area contributed by atoms with E-state index in [4.69, 9.17) is 0 Å². The molecule has 4 heteroatoms. The second-order valence-corrected chi connectivity index (χ2v) is 13.5. The summed E-state index contributed by atoms with van der Waals surface area (Å²) in [5, 5.41) is 22.5. The standard InChI is InChI=1S/C30H46O4/c1-18(17-31)9-8-10-19(2)20-11-14-29(6)26-21(32)15-23-27(3,4)24(34)12-13-28(23,5)25(26)22(33)16-30(20,29)7/h9,17,19-20,22-24,33-34H,8,10-16H2,1-7H3. The number of ketones is 1. The molecule has 0 amide bonds. The van der Waals surface area contributed by atoms with E-state index in [1.165, 1.54) is 0 Å². The zero-order valence-corrected chi connectivity index (χ0v) is 22.4. The van der Waals surface area contributed by atoms with Gasteiger partial charge in [-0.3, -0.25) is 9.59 Å². The fourth-order valence-electron chi connectivity index (χ4n) is 9.21. The maximum Gasteiger partial charge on any atom is 0.159 e. The molecule has 0 aromatic rings. The summed E-state index contributed by atoms with van der Waals surface area (Å²) in [6.45, 7) is 15.3. The Balaban J connectivity index is 1.73. The summed E-state index contributed by atoms with van der Waals surface area (Å²) in [7, 11) is 0. The number of hydrogen-bond acceptors (Lipinski definition) is 4. The molecule has 0 saturated heterocycles. The number of hydrogen-bond donors (Lipinski definition) is 2. The van der Waals surface area contributed by atoms with E-state index in [-0.39, 0.29) is 33.4 Å². The lowest BCUT2D eigenvalue weighted by Crippen LogP contribution is -2.59. The Labute approximate surface area is 206 Å². The average molecular weight is 471 g/mol. The molecule has 8 unspecified atom stereocenters. The molecule has 4 aliphatic rings. The molecule has 0 bridgehead atoms. The minimum absolute atomic E-state index is 0.0570. The molecule has 2 fully saturated rings. The monoisotopic (exact) mass is 470 g/mol. The molecule has 0 spiro atoms. The van der Waals surface area contributed by atoms with Gasteiger partial charge < -0.3 is 10.2 Å². The Morgan fingerprint density at radius 3 is 2.44 bits per heavy atom. The number of aliphatic hydroxyl groups is 2. The summed E-state index contributed by atoms with van der Waals surface area (Å²) in [5.74, 6) is 1.17. The number of fused-ring (bicyclic) bond motifs is 4. The normalized spacial score (nSPS) is 44.9. The highest BCUT2D eigenvalue weighted by Crippen LogP contribution is 2.71. The number of Topliss-reactive ketones (excluding diaryl/α,β-unsaturated/α-hetero) is 1. The van der Waals surface area contributed by atoms with Crippen LogP contribution < -0.4 is 0 Å². The first kappa shape index (κ1) is 25.8. The summed E-state index contributed by atoms with van der Waals surface area (Å²) in [6.07, 6.45) is 8.66. The van der Waals surface area contributed by atoms with Crippen LogP contribution in [0.4, 0.5) is 0 Å². The van der Waals surface area contributed by atoms with E-state index in [1.54, 1.807) is 0 Å². The van der Waals surface area contributed by atoms with Crippen LogP contribution in [0.3, 0.4) is 0 Å². The highest BCUT2D eigenvalue weighted by molar-refractivity contribution is 6.00. The van der Waals surface area contributed by atoms with Crippen LogP contribution in [0.1, 0.15) is 99.8 Å². The van der Waals surface area contributed by atoms with Gasteiger partial charge in [0, 0.05) is 17.4 Å². The summed E-state index contributed by atoms with van der Waals surface area (Å²) in [5.41, 5.74) is 1.82. The second kappa shape index (κ2) is 8.40. The van der Waals surface area contributed by atoms with Crippen molar-refractivity contribution in [2.45, 2.75) is 112 Å². The predicted molar refractivity (Wildman–Crippen MR) is 135 cm³/mol. The third-order valence-electron chi connectivity index (χ3n) is 11.5. The molecule has 2 N–H and O–H groups in total. The van der Waals surface area contributed by atoms with Crippen LogP contribution in [0.15, 0.2) is 22.8 Å². The van der Waals surface area contributed by atoms with E-state index in [0.717, 1.165) is 61.5 Å². The molecule has 0 aliphatic heterocycles. The average Bonchev–Trinajstić information content (AvgIpc) is 3.03. The van der Waals surface area contributed by atoms with Crippen molar-refractivity contribution in [3.05, 3.63) is 22.8 Å². The molecule has 34 heavy (non-hydrogen) atoms. The van der Waals surface area contributed by atoms with Gasteiger partial charge in [-0.2, -0.15) is 0 Å². The van der Waals surface area contributed by atoms with Gasteiger partial charge >= 0.3 is 0 Å². The molecule has 0 aromatic carbocycles. The van der Waals surface area contributed by atoms with Crippen molar-refractivity contribution in [2.75, 3.05) is 0 Å². The summed E-state index contributed by atoms with van der Waals surface area (Å²) < 4.78 is 0.